The summed E-state index contributed by atoms with van der Waals surface area (Å²) in [7, 11) is 0.348. The maximum atomic E-state index is 13.1. The second-order valence-corrected chi connectivity index (χ2v) is 5.02. The van der Waals surface area contributed by atoms with Gasteiger partial charge in [0.15, 0.2) is 5.82 Å². The van der Waals surface area contributed by atoms with Gasteiger partial charge in [0.25, 0.3) is 15.5 Å². The van der Waals surface area contributed by atoms with E-state index in [9.17, 15) is 21.6 Å². The van der Waals surface area contributed by atoms with E-state index < -0.39 is 37.7 Å². The van der Waals surface area contributed by atoms with Crippen LogP contribution in [0.3, 0.4) is 0 Å². The molecule has 0 aromatic carbocycles. The van der Waals surface area contributed by atoms with Gasteiger partial charge < -0.3 is 5.73 Å². The van der Waals surface area contributed by atoms with E-state index in [1.54, 1.807) is 0 Å². The first-order valence-corrected chi connectivity index (χ1v) is 5.73. The number of anilines is 1. The monoisotopic (exact) mass is 260 g/mol. The Morgan fingerprint density at radius 3 is 2.40 bits per heavy atom. The number of hydrogen-bond donors (Lipinski definition) is 1. The molecule has 0 radical (unpaired) electrons. The number of hydrogen-bond acceptors (Lipinski definition) is 4. The molecule has 84 valence electrons. The average molecular weight is 261 g/mol. The second kappa shape index (κ2) is 3.86. The van der Waals surface area contributed by atoms with Gasteiger partial charge in [0.2, 0.25) is 0 Å². The SMILES string of the molecule is Nc1cc(S(=O)(=O)Cl)c(F)c(C(F)F)n1. The predicted octanol–water partition coefficient (Wildman–Crippen LogP) is 1.67. The Balaban J connectivity index is 3.56. The van der Waals surface area contributed by atoms with Gasteiger partial charge in [-0.15, -0.1) is 0 Å². The Bertz CT molecular complexity index is 491. The van der Waals surface area contributed by atoms with E-state index in [4.69, 9.17) is 16.4 Å². The summed E-state index contributed by atoms with van der Waals surface area (Å²) in [4.78, 5) is 1.87. The van der Waals surface area contributed by atoms with Crippen LogP contribution in [0.4, 0.5) is 19.0 Å². The molecule has 0 aliphatic rings. The van der Waals surface area contributed by atoms with Crippen LogP contribution < -0.4 is 5.73 Å². The lowest BCUT2D eigenvalue weighted by atomic mass is 10.3. The molecule has 9 heteroatoms. The van der Waals surface area contributed by atoms with Crippen LogP contribution in [0, 0.1) is 5.82 Å². The van der Waals surface area contributed by atoms with Crippen LogP contribution in [-0.2, 0) is 9.05 Å². The van der Waals surface area contributed by atoms with Crippen LogP contribution in [0.25, 0.3) is 0 Å². The van der Waals surface area contributed by atoms with Crippen LogP contribution in [0.1, 0.15) is 12.1 Å². The topological polar surface area (TPSA) is 73.1 Å². The third kappa shape index (κ3) is 2.51. The van der Waals surface area contributed by atoms with Crippen molar-refractivity contribution in [2.75, 3.05) is 5.73 Å². The van der Waals surface area contributed by atoms with E-state index >= 15 is 0 Å². The molecule has 0 saturated carbocycles. The number of nitrogen functional groups attached to an aromatic ring is 1. The van der Waals surface area contributed by atoms with Crippen molar-refractivity contribution in [2.24, 2.45) is 0 Å². The molecule has 1 rings (SSSR count). The highest BCUT2D eigenvalue weighted by atomic mass is 35.7. The van der Waals surface area contributed by atoms with Crippen LogP contribution in [0.5, 0.6) is 0 Å². The van der Waals surface area contributed by atoms with Crippen LogP contribution >= 0.6 is 10.7 Å². The summed E-state index contributed by atoms with van der Waals surface area (Å²) in [5, 5.41) is 0. The van der Waals surface area contributed by atoms with Gasteiger partial charge in [-0.25, -0.2) is 26.6 Å². The first kappa shape index (κ1) is 12.1. The molecule has 0 saturated heterocycles. The molecule has 0 atom stereocenters. The zero-order chi connectivity index (χ0) is 11.8. The highest BCUT2D eigenvalue weighted by Crippen LogP contribution is 2.28. The first-order chi connectivity index (χ1) is 6.73. The Morgan fingerprint density at radius 2 is 2.00 bits per heavy atom. The Morgan fingerprint density at radius 1 is 1.47 bits per heavy atom. The van der Waals surface area contributed by atoms with Gasteiger partial charge in [-0.3, -0.25) is 0 Å². The van der Waals surface area contributed by atoms with Crippen molar-refractivity contribution in [1.82, 2.24) is 4.98 Å². The van der Waals surface area contributed by atoms with E-state index in [0.717, 1.165) is 0 Å². The van der Waals surface area contributed by atoms with Crippen molar-refractivity contribution in [3.8, 4) is 0 Å². The lowest BCUT2D eigenvalue weighted by molar-refractivity contribution is 0.140. The summed E-state index contributed by atoms with van der Waals surface area (Å²) < 4.78 is 59.1. The molecular weight excluding hydrogens is 257 g/mol. The molecule has 0 bridgehead atoms. The maximum absolute atomic E-state index is 13.1. The number of aromatic nitrogens is 1. The largest absolute Gasteiger partial charge is 0.384 e. The molecule has 0 aliphatic heterocycles. The van der Waals surface area contributed by atoms with E-state index in [-0.39, 0.29) is 0 Å². The van der Waals surface area contributed by atoms with E-state index in [1.165, 1.54) is 0 Å². The molecule has 4 nitrogen and oxygen atoms in total. The number of nitrogens with zero attached hydrogens (tertiary/aromatic N) is 1. The van der Waals surface area contributed by atoms with Gasteiger partial charge in [-0.2, -0.15) is 0 Å². The summed E-state index contributed by atoms with van der Waals surface area (Å²) in [5.74, 6) is -2.24. The Hall–Kier alpha value is -1.02. The number of alkyl halides is 2. The number of halogens is 4. The summed E-state index contributed by atoms with van der Waals surface area (Å²) in [6.45, 7) is 0. The molecule has 2 N–H and O–H groups in total. The van der Waals surface area contributed by atoms with Crippen LogP contribution in [0.15, 0.2) is 11.0 Å². The fourth-order valence-electron chi connectivity index (χ4n) is 0.866. The quantitative estimate of drug-likeness (QED) is 0.821. The zero-order valence-electron chi connectivity index (χ0n) is 6.92. The molecule has 1 heterocycles. The third-order valence-electron chi connectivity index (χ3n) is 1.44. The maximum Gasteiger partial charge on any atom is 0.283 e. The summed E-state index contributed by atoms with van der Waals surface area (Å²) in [6.07, 6.45) is -3.27. The van der Waals surface area contributed by atoms with Crippen molar-refractivity contribution in [3.63, 3.8) is 0 Å². The fraction of sp³-hybridized carbons (Fsp3) is 0.167. The number of pyridine rings is 1. The minimum atomic E-state index is -4.47. The minimum absolute atomic E-state index is 0.550. The molecular formula is C6H4ClF3N2O2S. The zero-order valence-corrected chi connectivity index (χ0v) is 8.49. The van der Waals surface area contributed by atoms with Gasteiger partial charge in [0.1, 0.15) is 16.4 Å². The molecule has 15 heavy (non-hydrogen) atoms. The molecule has 0 aliphatic carbocycles. The molecule has 0 unspecified atom stereocenters. The lowest BCUT2D eigenvalue weighted by Crippen LogP contribution is -2.06. The average Bonchev–Trinajstić information content (AvgIpc) is 2.06. The smallest absolute Gasteiger partial charge is 0.283 e. The lowest BCUT2D eigenvalue weighted by Gasteiger charge is -2.05. The van der Waals surface area contributed by atoms with E-state index in [2.05, 4.69) is 4.98 Å². The highest BCUT2D eigenvalue weighted by Gasteiger charge is 2.25. The van der Waals surface area contributed by atoms with Crippen molar-refractivity contribution >= 4 is 25.6 Å². The van der Waals surface area contributed by atoms with Gasteiger partial charge in [0.05, 0.1) is 0 Å². The van der Waals surface area contributed by atoms with E-state index in [1.807, 2.05) is 0 Å². The van der Waals surface area contributed by atoms with Gasteiger partial charge in [0, 0.05) is 16.7 Å². The first-order valence-electron chi connectivity index (χ1n) is 3.42. The molecule has 1 aromatic heterocycles. The predicted molar refractivity (Wildman–Crippen MR) is 46.6 cm³/mol. The highest BCUT2D eigenvalue weighted by molar-refractivity contribution is 8.13. The van der Waals surface area contributed by atoms with Gasteiger partial charge in [-0.05, 0) is 0 Å². The number of nitrogens with two attached hydrogens (primary N) is 1. The molecule has 0 amide bonds. The normalized spacial score (nSPS) is 12.1. The van der Waals surface area contributed by atoms with Crippen LogP contribution in [0.2, 0.25) is 0 Å². The molecule has 0 fully saturated rings. The summed E-state index contributed by atoms with van der Waals surface area (Å²) in [5.41, 5.74) is 3.69. The van der Waals surface area contributed by atoms with Crippen molar-refractivity contribution in [1.29, 1.82) is 0 Å². The van der Waals surface area contributed by atoms with Gasteiger partial charge in [-0.1, -0.05) is 0 Å². The minimum Gasteiger partial charge on any atom is -0.384 e. The molecule has 1 aromatic rings. The van der Waals surface area contributed by atoms with Crippen molar-refractivity contribution < 1.29 is 21.6 Å². The van der Waals surface area contributed by atoms with Gasteiger partial charge >= 0.3 is 0 Å². The molecule has 0 spiro atoms. The van der Waals surface area contributed by atoms with E-state index in [0.29, 0.717) is 6.07 Å². The summed E-state index contributed by atoms with van der Waals surface area (Å²) in [6, 6.07) is 0.573. The van der Waals surface area contributed by atoms with Crippen LogP contribution in [-0.4, -0.2) is 13.4 Å². The third-order valence-corrected chi connectivity index (χ3v) is 2.76. The second-order valence-electron chi connectivity index (χ2n) is 2.48. The standard InChI is InChI=1S/C6H4ClF3N2O2S/c7-15(13,14)2-1-3(11)12-5(4(2)8)6(9)10/h1,6H,(H2,11,12). The fourth-order valence-corrected chi connectivity index (χ4v) is 1.78. The number of rotatable bonds is 2. The van der Waals surface area contributed by atoms with Crippen molar-refractivity contribution in [3.05, 3.63) is 17.6 Å². The summed E-state index contributed by atoms with van der Waals surface area (Å²) >= 11 is 0. The Labute approximate surface area is 87.3 Å². The van der Waals surface area contributed by atoms with Crippen molar-refractivity contribution in [2.45, 2.75) is 11.3 Å². The Kier molecular flexibility index (Phi) is 3.10.